The highest BCUT2D eigenvalue weighted by Gasteiger charge is 2.65. The Morgan fingerprint density at radius 1 is 1.06 bits per heavy atom. The van der Waals surface area contributed by atoms with Crippen LogP contribution >= 0.6 is 0 Å². The van der Waals surface area contributed by atoms with E-state index < -0.39 is 0 Å². The van der Waals surface area contributed by atoms with Crippen molar-refractivity contribution in [2.75, 3.05) is 77.6 Å². The van der Waals surface area contributed by atoms with E-state index in [0.29, 0.717) is 49.3 Å². The number of nitrogens with zero attached hydrogens (tertiary/aromatic N) is 6. The minimum absolute atomic E-state index is 0. The number of hydrogen-bond acceptors (Lipinski definition) is 11. The largest absolute Gasteiger partial charge is 0.395 e. The lowest BCUT2D eigenvalue weighted by Crippen LogP contribution is -2.70. The molecular formula is C64H102N8O5. The number of nitrogens with one attached hydrogen (secondary N) is 2. The molecule has 77 heavy (non-hydrogen) atoms. The highest BCUT2D eigenvalue weighted by molar-refractivity contribution is 5.95. The van der Waals surface area contributed by atoms with Crippen molar-refractivity contribution in [2.45, 2.75) is 181 Å². The summed E-state index contributed by atoms with van der Waals surface area (Å²) in [6.07, 6.45) is 17.5. The third kappa shape index (κ3) is 11.0. The number of carbonyl (C=O) groups is 2. The molecule has 2 aromatic heterocycles. The van der Waals surface area contributed by atoms with E-state index in [1.54, 1.807) is 7.11 Å². The molecule has 5 aliphatic heterocycles. The first-order valence-corrected chi connectivity index (χ1v) is 30.4. The van der Waals surface area contributed by atoms with Crippen LogP contribution in [0.4, 0.5) is 5.69 Å². The van der Waals surface area contributed by atoms with Crippen molar-refractivity contribution in [1.82, 2.24) is 35.1 Å². The molecule has 3 aromatic rings. The second kappa shape index (κ2) is 24.2. The number of methoxy groups -OCH3 is 1. The number of aliphatic hydroxyl groups excluding tert-OH is 1. The maximum absolute atomic E-state index is 15.7. The Hall–Kier alpha value is -4.27. The maximum Gasteiger partial charge on any atom is 0.238 e. The molecule has 13 nitrogen and oxygen atoms in total. The fourth-order valence-corrected chi connectivity index (χ4v) is 16.1. The zero-order valence-electron chi connectivity index (χ0n) is 48.9. The number of hydrogen-bond donors (Lipinski definition) is 3. The molecule has 3 N–H and O–H groups in total. The number of allylic oxidation sites excluding steroid dienone is 1. The SMILES string of the molecule is C=C(C)N1CCC[C@]2(CCCN2[C@@H]2C(=O)N[C@H](C(=C)N3CCCCN3)[C@@H](CCN(CCO)c3ccc4c(c3)c(CC(C)(C)CCC=O)c(-c3cc(C5COC5)cnc3[C@H](C)OC)n4CC)C3CC4(CCC4)C3C2C)C1.CC.[HH].[HH]. The third-order valence-electron chi connectivity index (χ3n) is 20.2. The molecule has 8 atom stereocenters. The van der Waals surface area contributed by atoms with E-state index in [4.69, 9.17) is 21.0 Å². The number of hydrazine groups is 1. The number of aryl methyl sites for hydroxylation is 1. The monoisotopic (exact) mass is 1060 g/mol. The minimum atomic E-state index is -0.227. The number of aromatic nitrogens is 2. The number of piperidine rings is 1. The van der Waals surface area contributed by atoms with Gasteiger partial charge in [-0.2, -0.15) is 0 Å². The predicted molar refractivity (Wildman–Crippen MR) is 316 cm³/mol. The second-order valence-corrected chi connectivity index (χ2v) is 25.2. The van der Waals surface area contributed by atoms with Crippen LogP contribution in [0.1, 0.15) is 171 Å². The molecule has 7 aliphatic rings. The molecule has 1 aromatic carbocycles. The van der Waals surface area contributed by atoms with Gasteiger partial charge in [0.05, 0.1) is 49.4 Å². The van der Waals surface area contributed by atoms with Gasteiger partial charge in [-0.05, 0) is 174 Å². The highest BCUT2D eigenvalue weighted by Crippen LogP contribution is 2.68. The lowest BCUT2D eigenvalue weighted by Gasteiger charge is -2.67. The number of amides is 1. The quantitative estimate of drug-likeness (QED) is 0.0936. The van der Waals surface area contributed by atoms with E-state index in [0.717, 1.165) is 149 Å². The number of aldehydes is 1. The zero-order chi connectivity index (χ0) is 54.8. The number of carbonyl (C=O) groups excluding carboxylic acids is 2. The first-order chi connectivity index (χ1) is 37.2. The van der Waals surface area contributed by atoms with Crippen LogP contribution in [-0.4, -0.2) is 132 Å². The van der Waals surface area contributed by atoms with E-state index >= 15 is 4.79 Å². The van der Waals surface area contributed by atoms with Gasteiger partial charge in [-0.25, -0.2) is 5.43 Å². The summed E-state index contributed by atoms with van der Waals surface area (Å²) in [5.41, 5.74) is 13.8. The normalized spacial score (nSPS) is 27.8. The van der Waals surface area contributed by atoms with E-state index in [1.165, 1.54) is 42.2 Å². The Morgan fingerprint density at radius 2 is 1.83 bits per heavy atom. The minimum Gasteiger partial charge on any atom is -0.395 e. The van der Waals surface area contributed by atoms with Crippen molar-refractivity contribution >= 4 is 28.8 Å². The summed E-state index contributed by atoms with van der Waals surface area (Å²) < 4.78 is 14.2. The number of aliphatic hydroxyl groups is 1. The van der Waals surface area contributed by atoms with Crippen LogP contribution in [0, 0.1) is 34.5 Å². The van der Waals surface area contributed by atoms with Crippen molar-refractivity contribution < 1.29 is 27.0 Å². The van der Waals surface area contributed by atoms with Gasteiger partial charge in [0.25, 0.3) is 0 Å². The number of likely N-dealkylation sites (tertiary alicyclic amines) is 2. The summed E-state index contributed by atoms with van der Waals surface area (Å²) in [6.45, 7) is 34.9. The summed E-state index contributed by atoms with van der Waals surface area (Å²) in [5.74, 6) is 1.76. The first-order valence-electron chi connectivity index (χ1n) is 30.4. The molecule has 7 fully saturated rings. The number of anilines is 1. The summed E-state index contributed by atoms with van der Waals surface area (Å²) in [6, 6.07) is 8.86. The van der Waals surface area contributed by atoms with Crippen molar-refractivity contribution in [3.63, 3.8) is 0 Å². The fraction of sp³-hybridized carbons (Fsp3) is 0.703. The van der Waals surface area contributed by atoms with Gasteiger partial charge in [0, 0.05) is 113 Å². The topological polar surface area (TPSA) is 128 Å². The molecule has 428 valence electrons. The molecule has 2 saturated carbocycles. The molecule has 2 spiro atoms. The average molecular weight is 1060 g/mol. The molecule has 1 amide bonds. The number of pyridine rings is 1. The smallest absolute Gasteiger partial charge is 0.238 e. The summed E-state index contributed by atoms with van der Waals surface area (Å²) in [4.78, 5) is 40.3. The molecule has 0 radical (unpaired) electrons. The Morgan fingerprint density at radius 3 is 2.47 bits per heavy atom. The molecule has 0 bridgehead atoms. The lowest BCUT2D eigenvalue weighted by molar-refractivity contribution is -0.184. The van der Waals surface area contributed by atoms with E-state index in [1.807, 2.05) is 20.0 Å². The molecule has 13 heteroatoms. The van der Waals surface area contributed by atoms with Crippen LogP contribution in [0.5, 0.6) is 0 Å². The summed E-state index contributed by atoms with van der Waals surface area (Å²) in [5, 5.41) is 18.2. The van der Waals surface area contributed by atoms with Gasteiger partial charge in [0.1, 0.15) is 6.29 Å². The average Bonchev–Trinajstić information content (AvgIpc) is 3.23. The Balaban J connectivity index is 0.00000223. The van der Waals surface area contributed by atoms with Gasteiger partial charge in [-0.3, -0.25) is 14.7 Å². The van der Waals surface area contributed by atoms with Gasteiger partial charge in [-0.15, -0.1) is 0 Å². The molecule has 5 saturated heterocycles. The Kier molecular flexibility index (Phi) is 18.1. The van der Waals surface area contributed by atoms with Crippen LogP contribution < -0.4 is 15.6 Å². The number of fused-ring (bicyclic) bond motifs is 3. The van der Waals surface area contributed by atoms with Crippen molar-refractivity contribution in [1.29, 1.82) is 0 Å². The summed E-state index contributed by atoms with van der Waals surface area (Å²) in [7, 11) is 1.75. The van der Waals surface area contributed by atoms with Crippen molar-refractivity contribution in [3.8, 4) is 11.3 Å². The zero-order valence-corrected chi connectivity index (χ0v) is 48.9. The Labute approximate surface area is 465 Å². The first kappa shape index (κ1) is 57.4. The van der Waals surface area contributed by atoms with Crippen LogP contribution in [0.25, 0.3) is 22.2 Å². The number of benzene rings is 1. The lowest BCUT2D eigenvalue weighted by atomic mass is 9.39. The maximum atomic E-state index is 15.7. The van der Waals surface area contributed by atoms with Crippen LogP contribution in [0.2, 0.25) is 0 Å². The number of rotatable bonds is 20. The third-order valence-corrected chi connectivity index (χ3v) is 20.2. The van der Waals surface area contributed by atoms with Gasteiger partial charge in [0.15, 0.2) is 0 Å². The standard InChI is InChI=1S/C62H92N8O5.C2H6.2H2/c1-10-68-53-18-17-47(34-49(53)52(35-60(7,8)20-16-31-71)58(68)50-33-45(46-38-75-39-46)37-63-56(50)44(6)74-9)66(30-32-72)29-19-48-51-36-61(21-13-22-61)54(51)42(4)57(59(73)65-55(48)43(5)70-28-12-11-25-64-70)69-27-15-24-62(69)23-14-26-67(40-62)41(2)3;1-2;;/h17-18,31,33-34,37,42,44,46,48,51,54-55,57,64,72H,2,5,10-16,19-30,32,35-36,38-40H2,1,3-4,6-9H3,(H,65,73);1-2H3;2*1H/t42?,44-,48-,51?,54?,55+,57-,62-;;;/m0.../s1. The van der Waals surface area contributed by atoms with Gasteiger partial charge in [-0.1, -0.05) is 54.2 Å². The Bertz CT molecular complexity index is 2570. The van der Waals surface area contributed by atoms with Crippen LogP contribution in [0.3, 0.4) is 0 Å². The molecule has 3 unspecified atom stereocenters. The van der Waals surface area contributed by atoms with Crippen LogP contribution in [-0.2, 0) is 32.0 Å². The van der Waals surface area contributed by atoms with Crippen molar-refractivity contribution in [3.05, 3.63) is 71.8 Å². The summed E-state index contributed by atoms with van der Waals surface area (Å²) >= 11 is 0. The van der Waals surface area contributed by atoms with E-state index in [9.17, 15) is 9.90 Å². The molecule has 2 aliphatic carbocycles. The fourth-order valence-electron chi connectivity index (χ4n) is 16.1. The van der Waals surface area contributed by atoms with E-state index in [2.05, 4.69) is 107 Å². The molecular weight excluding hydrogens is 961 g/mol. The van der Waals surface area contributed by atoms with Crippen molar-refractivity contribution in [2.24, 2.45) is 34.5 Å². The number of ether oxygens (including phenoxy) is 2. The second-order valence-electron chi connectivity index (χ2n) is 25.2. The van der Waals surface area contributed by atoms with Crippen LogP contribution in [0.15, 0.2) is 55.0 Å². The molecule has 10 rings (SSSR count). The highest BCUT2D eigenvalue weighted by atomic mass is 16.5. The van der Waals surface area contributed by atoms with Gasteiger partial charge in [0.2, 0.25) is 5.91 Å². The van der Waals surface area contributed by atoms with E-state index in [-0.39, 0.29) is 56.3 Å². The predicted octanol–water partition coefficient (Wildman–Crippen LogP) is 11.3. The van der Waals surface area contributed by atoms with Gasteiger partial charge < -0.3 is 44.1 Å². The van der Waals surface area contributed by atoms with Gasteiger partial charge >= 0.3 is 0 Å². The molecule has 7 heterocycles.